The summed E-state index contributed by atoms with van der Waals surface area (Å²) in [7, 11) is 0. The van der Waals surface area contributed by atoms with Crippen molar-refractivity contribution in [1.82, 2.24) is 9.47 Å². The Balaban J connectivity index is 1.51. The maximum atomic E-state index is 15.7. The zero-order chi connectivity index (χ0) is 33.8. The molecule has 1 saturated heterocycles. The number of nitro benzene ring substituents is 1. The summed E-state index contributed by atoms with van der Waals surface area (Å²) < 4.78 is 35.1. The number of hydrogen-bond donors (Lipinski definition) is 0. The van der Waals surface area contributed by atoms with Gasteiger partial charge in [0.2, 0.25) is 11.8 Å². The molecule has 0 N–H and O–H groups in total. The summed E-state index contributed by atoms with van der Waals surface area (Å²) in [6.45, 7) is 18.1. The first-order valence-corrected chi connectivity index (χ1v) is 15.6. The molecule has 0 atom stereocenters. The van der Waals surface area contributed by atoms with E-state index in [2.05, 4.69) is 46.4 Å². The van der Waals surface area contributed by atoms with Gasteiger partial charge in [0, 0.05) is 56.4 Å². The van der Waals surface area contributed by atoms with Crippen molar-refractivity contribution in [3.8, 4) is 0 Å². The fourth-order valence-corrected chi connectivity index (χ4v) is 5.06. The molecule has 12 heteroatoms. The number of rotatable bonds is 11. The predicted octanol–water partition coefficient (Wildman–Crippen LogP) is 5.96. The molecule has 1 aliphatic heterocycles. The molecule has 4 rings (SSSR count). The molecule has 0 aliphatic carbocycles. The van der Waals surface area contributed by atoms with Gasteiger partial charge >= 0.3 is 5.97 Å². The summed E-state index contributed by atoms with van der Waals surface area (Å²) in [4.78, 5) is 40.8. The highest BCUT2D eigenvalue weighted by Gasteiger charge is 2.29. The van der Waals surface area contributed by atoms with E-state index in [4.69, 9.17) is 14.2 Å². The monoisotopic (exact) mass is 640 g/mol. The van der Waals surface area contributed by atoms with E-state index in [-0.39, 0.29) is 34.1 Å². The Morgan fingerprint density at radius 3 is 2.09 bits per heavy atom. The number of aryl methyl sites for hydroxylation is 1. The Kier molecular flexibility index (Phi) is 10.9. The average Bonchev–Trinajstić information content (AvgIpc) is 2.99. The summed E-state index contributed by atoms with van der Waals surface area (Å²) in [5.74, 6) is -1.41. The summed E-state index contributed by atoms with van der Waals surface area (Å²) in [5.41, 5.74) is 0.434. The number of nitro groups is 1. The number of piperazine rings is 1. The van der Waals surface area contributed by atoms with Gasteiger partial charge in [-0.05, 0) is 47.6 Å². The van der Waals surface area contributed by atoms with Gasteiger partial charge in [0.15, 0.2) is 0 Å². The second-order valence-electron chi connectivity index (χ2n) is 14.1. The van der Waals surface area contributed by atoms with E-state index in [1.165, 1.54) is 36.5 Å². The van der Waals surface area contributed by atoms with Crippen molar-refractivity contribution in [2.45, 2.75) is 68.0 Å². The third-order valence-corrected chi connectivity index (χ3v) is 7.50. The predicted molar refractivity (Wildman–Crippen MR) is 174 cm³/mol. The maximum absolute atomic E-state index is 15.7. The second kappa shape index (κ2) is 14.3. The van der Waals surface area contributed by atoms with Gasteiger partial charge in [-0.25, -0.2) is 9.18 Å². The summed E-state index contributed by atoms with van der Waals surface area (Å²) in [5, 5.41) is 11.0. The SMILES string of the molecule is CCn1cc(C(=O)OCc2ccc([N+](=O)[O-])cc2)c(=O)c2cc(F)c(N3CCN(C(OCC(C)(C)C)OCC(C)(C)C)CC3)cc21. The molecule has 3 aromatic rings. The van der Waals surface area contributed by atoms with Crippen LogP contribution in [0.5, 0.6) is 0 Å². The van der Waals surface area contributed by atoms with E-state index >= 15 is 4.39 Å². The number of hydrogen-bond acceptors (Lipinski definition) is 9. The minimum Gasteiger partial charge on any atom is -0.457 e. The van der Waals surface area contributed by atoms with Crippen LogP contribution >= 0.6 is 0 Å². The highest BCUT2D eigenvalue weighted by molar-refractivity contribution is 5.94. The van der Waals surface area contributed by atoms with Gasteiger partial charge in [-0.3, -0.25) is 19.8 Å². The summed E-state index contributed by atoms with van der Waals surface area (Å²) in [6, 6.07) is 8.43. The lowest BCUT2D eigenvalue weighted by molar-refractivity contribution is -0.384. The van der Waals surface area contributed by atoms with Gasteiger partial charge in [0.1, 0.15) is 18.0 Å². The van der Waals surface area contributed by atoms with E-state index < -0.39 is 28.6 Å². The first-order chi connectivity index (χ1) is 21.6. The molecule has 0 amide bonds. The van der Waals surface area contributed by atoms with Gasteiger partial charge in [0.05, 0.1) is 29.3 Å². The van der Waals surface area contributed by atoms with E-state index in [0.717, 1.165) is 0 Å². The molecule has 1 fully saturated rings. The number of benzene rings is 2. The molecule has 2 heterocycles. The largest absolute Gasteiger partial charge is 0.457 e. The standard InChI is InChI=1S/C34H45FN4O7/c1-8-36-19-26(31(41)44-20-23-9-11-24(12-10-23)39(42)43)30(40)25-17-27(35)29(18-28(25)36)37-13-15-38(16-14-37)32(45-21-33(2,3)4)46-22-34(5,6)7/h9-12,17-19,32H,8,13-16,20-22H2,1-7H3. The van der Waals surface area contributed by atoms with Crippen LogP contribution in [0.2, 0.25) is 0 Å². The van der Waals surface area contributed by atoms with Crippen molar-refractivity contribution < 1.29 is 28.3 Å². The van der Waals surface area contributed by atoms with E-state index in [1.807, 2.05) is 11.8 Å². The molecular formula is C34H45FN4O7. The Morgan fingerprint density at radius 2 is 1.57 bits per heavy atom. The highest BCUT2D eigenvalue weighted by Crippen LogP contribution is 2.28. The number of fused-ring (bicyclic) bond motifs is 1. The van der Waals surface area contributed by atoms with Crippen LogP contribution in [-0.4, -0.2) is 66.2 Å². The van der Waals surface area contributed by atoms with Gasteiger partial charge in [-0.1, -0.05) is 41.5 Å². The number of anilines is 1. The molecule has 250 valence electrons. The lowest BCUT2D eigenvalue weighted by Gasteiger charge is -2.41. The highest BCUT2D eigenvalue weighted by atomic mass is 19.1. The number of ether oxygens (including phenoxy) is 3. The molecule has 11 nitrogen and oxygen atoms in total. The number of non-ortho nitro benzene ring substituents is 1. The number of carbonyl (C=O) groups excluding carboxylic acids is 1. The Labute approximate surface area is 269 Å². The molecule has 1 aromatic heterocycles. The molecule has 0 unspecified atom stereocenters. The van der Waals surface area contributed by atoms with E-state index in [1.54, 1.807) is 10.6 Å². The van der Waals surface area contributed by atoms with Crippen LogP contribution in [0.4, 0.5) is 15.8 Å². The van der Waals surface area contributed by atoms with Gasteiger partial charge in [0.25, 0.3) is 5.69 Å². The summed E-state index contributed by atoms with van der Waals surface area (Å²) in [6.07, 6.45) is 0.928. The zero-order valence-corrected chi connectivity index (χ0v) is 27.8. The van der Waals surface area contributed by atoms with Crippen LogP contribution in [0.25, 0.3) is 10.9 Å². The van der Waals surface area contributed by atoms with Crippen molar-refractivity contribution in [3.63, 3.8) is 0 Å². The second-order valence-corrected chi connectivity index (χ2v) is 14.1. The number of halogens is 1. The Morgan fingerprint density at radius 1 is 0.978 bits per heavy atom. The number of esters is 1. The number of carbonyl (C=O) groups is 1. The fourth-order valence-electron chi connectivity index (χ4n) is 5.06. The minimum absolute atomic E-state index is 0.0295. The van der Waals surface area contributed by atoms with Crippen molar-refractivity contribution in [2.24, 2.45) is 10.8 Å². The van der Waals surface area contributed by atoms with Crippen LogP contribution in [-0.2, 0) is 27.4 Å². The third-order valence-electron chi connectivity index (χ3n) is 7.50. The van der Waals surface area contributed by atoms with Crippen LogP contribution in [0.1, 0.15) is 64.4 Å². The normalized spacial score (nSPS) is 14.7. The van der Waals surface area contributed by atoms with Crippen LogP contribution < -0.4 is 10.3 Å². The third kappa shape index (κ3) is 8.89. The molecule has 0 spiro atoms. The van der Waals surface area contributed by atoms with Crippen LogP contribution in [0.15, 0.2) is 47.4 Å². The van der Waals surface area contributed by atoms with E-state index in [9.17, 15) is 19.7 Å². The zero-order valence-electron chi connectivity index (χ0n) is 27.8. The maximum Gasteiger partial charge on any atom is 0.343 e. The lowest BCUT2D eigenvalue weighted by atomic mass is 9.98. The average molecular weight is 641 g/mol. The fraction of sp³-hybridized carbons (Fsp3) is 0.529. The van der Waals surface area contributed by atoms with Crippen LogP contribution in [0.3, 0.4) is 0 Å². The lowest BCUT2D eigenvalue weighted by Crippen LogP contribution is -2.53. The van der Waals surface area contributed by atoms with Crippen molar-refractivity contribution in [1.29, 1.82) is 0 Å². The van der Waals surface area contributed by atoms with Gasteiger partial charge in [-0.2, -0.15) is 0 Å². The minimum atomic E-state index is -0.857. The van der Waals surface area contributed by atoms with Crippen molar-refractivity contribution in [2.75, 3.05) is 44.3 Å². The topological polar surface area (TPSA) is 116 Å². The van der Waals surface area contributed by atoms with Gasteiger partial charge in [-0.15, -0.1) is 0 Å². The first-order valence-electron chi connectivity index (χ1n) is 15.6. The smallest absolute Gasteiger partial charge is 0.343 e. The van der Waals surface area contributed by atoms with Crippen LogP contribution in [0, 0.1) is 26.8 Å². The molecule has 46 heavy (non-hydrogen) atoms. The molecule has 0 bridgehead atoms. The first kappa shape index (κ1) is 35.0. The number of nitrogens with zero attached hydrogens (tertiary/aromatic N) is 4. The number of aromatic nitrogens is 1. The molecule has 2 aromatic carbocycles. The molecule has 0 saturated carbocycles. The molecular weight excluding hydrogens is 595 g/mol. The molecule has 1 aliphatic rings. The van der Waals surface area contributed by atoms with E-state index in [0.29, 0.717) is 62.7 Å². The molecule has 0 radical (unpaired) electrons. The van der Waals surface area contributed by atoms with Crippen molar-refractivity contribution in [3.05, 3.63) is 79.9 Å². The quantitative estimate of drug-likeness (QED) is 0.108. The Bertz CT molecular complexity index is 1580. The van der Waals surface area contributed by atoms with Gasteiger partial charge < -0.3 is 23.7 Å². The Hall–Kier alpha value is -3.87. The summed E-state index contributed by atoms with van der Waals surface area (Å²) >= 11 is 0. The van der Waals surface area contributed by atoms with Crippen molar-refractivity contribution >= 4 is 28.2 Å². The number of pyridine rings is 1.